The predicted octanol–water partition coefficient (Wildman–Crippen LogP) is 2.27. The Morgan fingerprint density at radius 2 is 2.22 bits per heavy atom. The fraction of sp³-hybridized carbons (Fsp3) is 0.929. The lowest BCUT2D eigenvalue weighted by Crippen LogP contribution is -2.54. The number of carbonyl (C=O) groups excluding carboxylic acids is 1. The molecule has 0 amide bonds. The van der Waals surface area contributed by atoms with Gasteiger partial charge in [-0.3, -0.25) is 10.1 Å². The average molecular weight is 257 g/mol. The molecule has 1 aliphatic rings. The van der Waals surface area contributed by atoms with Crippen LogP contribution in [0.5, 0.6) is 0 Å². The quantitative estimate of drug-likeness (QED) is 0.678. The first kappa shape index (κ1) is 15.4. The molecule has 0 radical (unpaired) electrons. The summed E-state index contributed by atoms with van der Waals surface area (Å²) in [6, 6.07) is 0. The lowest BCUT2D eigenvalue weighted by molar-refractivity contribution is -0.152. The molecule has 1 aliphatic heterocycles. The topological polar surface area (TPSA) is 47.6 Å². The number of hydrogen-bond acceptors (Lipinski definition) is 4. The highest BCUT2D eigenvalue weighted by atomic mass is 16.5. The molecule has 2 atom stereocenters. The molecule has 4 nitrogen and oxygen atoms in total. The smallest absolute Gasteiger partial charge is 0.326 e. The summed E-state index contributed by atoms with van der Waals surface area (Å²) in [4.78, 5) is 12.2. The van der Waals surface area contributed by atoms with Gasteiger partial charge in [0, 0.05) is 13.2 Å². The summed E-state index contributed by atoms with van der Waals surface area (Å²) in [6.07, 6.45) is 5.00. The van der Waals surface area contributed by atoms with Gasteiger partial charge in [-0.15, -0.1) is 0 Å². The van der Waals surface area contributed by atoms with E-state index in [2.05, 4.69) is 12.2 Å². The molecule has 0 aromatic rings. The van der Waals surface area contributed by atoms with Crippen LogP contribution in [0.2, 0.25) is 0 Å². The standard InChI is InChI=1S/C14H27NO3/c1-4-9-14(5-2,13(16)17-6-3)15-11-12-8-7-10-18-12/h12,15H,4-11H2,1-3H3. The van der Waals surface area contributed by atoms with Crippen molar-refractivity contribution in [1.29, 1.82) is 0 Å². The maximum absolute atomic E-state index is 12.2. The summed E-state index contributed by atoms with van der Waals surface area (Å²) >= 11 is 0. The summed E-state index contributed by atoms with van der Waals surface area (Å²) in [5.41, 5.74) is -0.531. The Balaban J connectivity index is 2.59. The molecule has 0 aromatic carbocycles. The maximum Gasteiger partial charge on any atom is 0.326 e. The molecule has 0 saturated carbocycles. The van der Waals surface area contributed by atoms with E-state index in [9.17, 15) is 4.79 Å². The summed E-state index contributed by atoms with van der Waals surface area (Å²) < 4.78 is 10.8. The lowest BCUT2D eigenvalue weighted by atomic mass is 9.90. The Hall–Kier alpha value is -0.610. The van der Waals surface area contributed by atoms with Crippen LogP contribution in [0.15, 0.2) is 0 Å². The minimum atomic E-state index is -0.531. The second-order valence-corrected chi connectivity index (χ2v) is 4.92. The minimum Gasteiger partial charge on any atom is -0.465 e. The second-order valence-electron chi connectivity index (χ2n) is 4.92. The number of carbonyl (C=O) groups is 1. The van der Waals surface area contributed by atoms with Gasteiger partial charge in [0.1, 0.15) is 5.54 Å². The largest absolute Gasteiger partial charge is 0.465 e. The Labute approximate surface area is 110 Å². The monoisotopic (exact) mass is 257 g/mol. The van der Waals surface area contributed by atoms with Crippen molar-refractivity contribution in [3.8, 4) is 0 Å². The molecule has 1 fully saturated rings. The third-order valence-corrected chi connectivity index (χ3v) is 3.64. The van der Waals surface area contributed by atoms with E-state index < -0.39 is 5.54 Å². The number of hydrogen-bond donors (Lipinski definition) is 1. The summed E-state index contributed by atoms with van der Waals surface area (Å²) in [5.74, 6) is -0.118. The van der Waals surface area contributed by atoms with E-state index >= 15 is 0 Å². The molecule has 1 heterocycles. The van der Waals surface area contributed by atoms with Gasteiger partial charge in [0.2, 0.25) is 0 Å². The van der Waals surface area contributed by atoms with Gasteiger partial charge in [-0.2, -0.15) is 0 Å². The van der Waals surface area contributed by atoms with Crippen LogP contribution in [0.4, 0.5) is 0 Å². The first-order chi connectivity index (χ1) is 8.68. The number of rotatable bonds is 8. The lowest BCUT2D eigenvalue weighted by Gasteiger charge is -2.32. The Morgan fingerprint density at radius 1 is 1.44 bits per heavy atom. The molecule has 1 N–H and O–H groups in total. The minimum absolute atomic E-state index is 0.118. The molecule has 1 rings (SSSR count). The van der Waals surface area contributed by atoms with Crippen molar-refractivity contribution in [1.82, 2.24) is 5.32 Å². The molecule has 18 heavy (non-hydrogen) atoms. The predicted molar refractivity (Wildman–Crippen MR) is 71.5 cm³/mol. The Morgan fingerprint density at radius 3 is 2.72 bits per heavy atom. The molecule has 1 saturated heterocycles. The van der Waals surface area contributed by atoms with Crippen molar-refractivity contribution in [2.24, 2.45) is 0 Å². The zero-order valence-corrected chi connectivity index (χ0v) is 12.0. The van der Waals surface area contributed by atoms with E-state index in [1.165, 1.54) is 0 Å². The van der Waals surface area contributed by atoms with Gasteiger partial charge in [0.15, 0.2) is 0 Å². The van der Waals surface area contributed by atoms with Gasteiger partial charge < -0.3 is 9.47 Å². The van der Waals surface area contributed by atoms with E-state index in [0.29, 0.717) is 6.61 Å². The van der Waals surface area contributed by atoms with Crippen molar-refractivity contribution >= 4 is 5.97 Å². The highest BCUT2D eigenvalue weighted by Gasteiger charge is 2.37. The second kappa shape index (κ2) is 7.74. The summed E-state index contributed by atoms with van der Waals surface area (Å²) in [5, 5.41) is 3.41. The Bertz CT molecular complexity index is 251. The molecule has 0 aliphatic carbocycles. The zero-order valence-electron chi connectivity index (χ0n) is 12.0. The average Bonchev–Trinajstić information content (AvgIpc) is 2.88. The number of nitrogens with one attached hydrogen (secondary N) is 1. The van der Waals surface area contributed by atoms with Crippen molar-refractivity contribution in [2.45, 2.75) is 64.5 Å². The van der Waals surface area contributed by atoms with E-state index in [4.69, 9.17) is 9.47 Å². The van der Waals surface area contributed by atoms with Crippen molar-refractivity contribution in [2.75, 3.05) is 19.8 Å². The van der Waals surface area contributed by atoms with Gasteiger partial charge in [-0.1, -0.05) is 20.3 Å². The molecule has 0 spiro atoms. The highest BCUT2D eigenvalue weighted by Crippen LogP contribution is 2.21. The van der Waals surface area contributed by atoms with Gasteiger partial charge in [-0.25, -0.2) is 0 Å². The van der Waals surface area contributed by atoms with E-state index in [1.54, 1.807) is 0 Å². The highest BCUT2D eigenvalue weighted by molar-refractivity contribution is 5.80. The summed E-state index contributed by atoms with van der Waals surface area (Å²) in [7, 11) is 0. The maximum atomic E-state index is 12.2. The molecular formula is C14H27NO3. The number of ether oxygens (including phenoxy) is 2. The van der Waals surface area contributed by atoms with Crippen LogP contribution in [0.1, 0.15) is 52.9 Å². The van der Waals surface area contributed by atoms with Crippen LogP contribution < -0.4 is 5.32 Å². The first-order valence-electron chi connectivity index (χ1n) is 7.22. The van der Waals surface area contributed by atoms with Gasteiger partial charge in [-0.05, 0) is 32.6 Å². The van der Waals surface area contributed by atoms with Crippen LogP contribution in [0, 0.1) is 0 Å². The SMILES string of the molecule is CCCC(CC)(NCC1CCCO1)C(=O)OCC. The summed E-state index contributed by atoms with van der Waals surface area (Å²) in [6.45, 7) is 8.01. The normalized spacial score (nSPS) is 22.7. The van der Waals surface area contributed by atoms with Crippen LogP contribution in [0.25, 0.3) is 0 Å². The van der Waals surface area contributed by atoms with Crippen molar-refractivity contribution in [3.05, 3.63) is 0 Å². The van der Waals surface area contributed by atoms with Crippen LogP contribution in [-0.4, -0.2) is 37.4 Å². The van der Waals surface area contributed by atoms with E-state index in [1.807, 2.05) is 13.8 Å². The zero-order chi connectivity index (χ0) is 13.4. The first-order valence-corrected chi connectivity index (χ1v) is 7.22. The molecular weight excluding hydrogens is 230 g/mol. The van der Waals surface area contributed by atoms with E-state index in [0.717, 1.165) is 45.3 Å². The molecule has 106 valence electrons. The van der Waals surface area contributed by atoms with E-state index in [-0.39, 0.29) is 12.1 Å². The van der Waals surface area contributed by atoms with Crippen LogP contribution in [0.3, 0.4) is 0 Å². The van der Waals surface area contributed by atoms with Crippen LogP contribution in [-0.2, 0) is 14.3 Å². The molecule has 4 heteroatoms. The van der Waals surface area contributed by atoms with Gasteiger partial charge in [0.25, 0.3) is 0 Å². The fourth-order valence-corrected chi connectivity index (χ4v) is 2.52. The van der Waals surface area contributed by atoms with Gasteiger partial charge in [0.05, 0.1) is 12.7 Å². The van der Waals surface area contributed by atoms with Crippen LogP contribution >= 0.6 is 0 Å². The van der Waals surface area contributed by atoms with Crippen molar-refractivity contribution < 1.29 is 14.3 Å². The molecule has 2 unspecified atom stereocenters. The number of esters is 1. The third-order valence-electron chi connectivity index (χ3n) is 3.64. The molecule has 0 bridgehead atoms. The Kier molecular flexibility index (Phi) is 6.65. The van der Waals surface area contributed by atoms with Gasteiger partial charge >= 0.3 is 5.97 Å². The third kappa shape index (κ3) is 3.95. The molecule has 0 aromatic heterocycles. The fourth-order valence-electron chi connectivity index (χ4n) is 2.52. The van der Waals surface area contributed by atoms with Crippen molar-refractivity contribution in [3.63, 3.8) is 0 Å².